The first-order valence-corrected chi connectivity index (χ1v) is 6.05. The molecule has 0 amide bonds. The van der Waals surface area contributed by atoms with E-state index in [9.17, 15) is 0 Å². The van der Waals surface area contributed by atoms with Gasteiger partial charge in [-0.3, -0.25) is 0 Å². The minimum Gasteiger partial charge on any atom is -0.407 e. The number of nitrogens with one attached hydrogen (secondary N) is 2. The van der Waals surface area contributed by atoms with Gasteiger partial charge in [-0.1, -0.05) is 25.4 Å². The summed E-state index contributed by atoms with van der Waals surface area (Å²) in [5.74, 6) is 0.639. The van der Waals surface area contributed by atoms with E-state index in [1.54, 1.807) is 0 Å². The van der Waals surface area contributed by atoms with Crippen molar-refractivity contribution in [1.29, 1.82) is 0 Å². The van der Waals surface area contributed by atoms with Crippen molar-refractivity contribution < 1.29 is 4.42 Å². The molecule has 0 spiro atoms. The van der Waals surface area contributed by atoms with Crippen LogP contribution >= 0.6 is 0 Å². The van der Waals surface area contributed by atoms with Gasteiger partial charge >= 0.3 is 6.01 Å². The second-order valence-electron chi connectivity index (χ2n) is 4.01. The van der Waals surface area contributed by atoms with Gasteiger partial charge in [-0.25, -0.2) is 0 Å². The number of aromatic nitrogens is 2. The molecule has 1 heterocycles. The van der Waals surface area contributed by atoms with Crippen LogP contribution < -0.4 is 10.6 Å². The van der Waals surface area contributed by atoms with E-state index in [-0.39, 0.29) is 0 Å². The van der Waals surface area contributed by atoms with Crippen molar-refractivity contribution in [3.8, 4) is 0 Å². The van der Waals surface area contributed by atoms with Gasteiger partial charge < -0.3 is 15.1 Å². The van der Waals surface area contributed by atoms with Crippen LogP contribution in [-0.2, 0) is 6.54 Å². The van der Waals surface area contributed by atoms with Crippen LogP contribution in [0.25, 0.3) is 0 Å². The summed E-state index contributed by atoms with van der Waals surface area (Å²) in [6, 6.07) is 0.899. The zero-order valence-corrected chi connectivity index (χ0v) is 10.4. The van der Waals surface area contributed by atoms with E-state index in [4.69, 9.17) is 4.42 Å². The summed E-state index contributed by atoms with van der Waals surface area (Å²) >= 11 is 0. The third-order valence-electron chi connectivity index (χ3n) is 2.26. The fourth-order valence-electron chi connectivity index (χ4n) is 1.47. The highest BCUT2D eigenvalue weighted by Crippen LogP contribution is 2.08. The average Bonchev–Trinajstić information content (AvgIpc) is 2.66. The largest absolute Gasteiger partial charge is 0.407 e. The number of hydrogen-bond acceptors (Lipinski definition) is 5. The lowest BCUT2D eigenvalue weighted by atomic mass is 10.2. The fourth-order valence-corrected chi connectivity index (χ4v) is 1.47. The zero-order valence-electron chi connectivity index (χ0n) is 10.4. The molecule has 0 aliphatic heterocycles. The quantitative estimate of drug-likeness (QED) is 0.665. The Morgan fingerprint density at radius 2 is 2.06 bits per heavy atom. The number of nitrogens with zero attached hydrogens (tertiary/aromatic N) is 2. The molecule has 1 atom stereocenters. The Morgan fingerprint density at radius 1 is 1.25 bits per heavy atom. The molecule has 0 aromatic carbocycles. The summed E-state index contributed by atoms with van der Waals surface area (Å²) in [5.41, 5.74) is 0. The SMILES string of the molecule is CCCNCc1nnc(NC(C)CCC)o1. The molecular weight excluding hydrogens is 204 g/mol. The highest BCUT2D eigenvalue weighted by molar-refractivity contribution is 5.18. The van der Waals surface area contributed by atoms with E-state index < -0.39 is 0 Å². The van der Waals surface area contributed by atoms with Gasteiger partial charge in [0.15, 0.2) is 0 Å². The molecule has 0 aliphatic rings. The first-order valence-electron chi connectivity index (χ1n) is 6.05. The molecule has 0 radical (unpaired) electrons. The van der Waals surface area contributed by atoms with Gasteiger partial charge in [0.2, 0.25) is 5.89 Å². The van der Waals surface area contributed by atoms with Crippen molar-refractivity contribution in [3.05, 3.63) is 5.89 Å². The minimum absolute atomic E-state index is 0.377. The Labute approximate surface area is 97.0 Å². The van der Waals surface area contributed by atoms with Gasteiger partial charge in [0, 0.05) is 6.04 Å². The maximum absolute atomic E-state index is 5.45. The van der Waals surface area contributed by atoms with Crippen LogP contribution in [0.2, 0.25) is 0 Å². The molecule has 0 bridgehead atoms. The third-order valence-corrected chi connectivity index (χ3v) is 2.26. The lowest BCUT2D eigenvalue weighted by Crippen LogP contribution is -2.14. The molecule has 92 valence electrons. The van der Waals surface area contributed by atoms with E-state index in [0.717, 1.165) is 25.8 Å². The van der Waals surface area contributed by atoms with Gasteiger partial charge in [-0.15, -0.1) is 5.10 Å². The van der Waals surface area contributed by atoms with Crippen LogP contribution in [0.1, 0.15) is 45.9 Å². The van der Waals surface area contributed by atoms with Crippen LogP contribution in [0.5, 0.6) is 0 Å². The summed E-state index contributed by atoms with van der Waals surface area (Å²) < 4.78 is 5.45. The van der Waals surface area contributed by atoms with Crippen molar-refractivity contribution in [3.63, 3.8) is 0 Å². The molecule has 0 fully saturated rings. The van der Waals surface area contributed by atoms with Gasteiger partial charge in [-0.2, -0.15) is 0 Å². The smallest absolute Gasteiger partial charge is 0.315 e. The van der Waals surface area contributed by atoms with E-state index in [0.29, 0.717) is 24.5 Å². The molecule has 1 rings (SSSR count). The zero-order chi connectivity index (χ0) is 11.8. The lowest BCUT2D eigenvalue weighted by Gasteiger charge is -2.09. The first kappa shape index (κ1) is 13.0. The van der Waals surface area contributed by atoms with Crippen molar-refractivity contribution in [1.82, 2.24) is 15.5 Å². The van der Waals surface area contributed by atoms with Crippen molar-refractivity contribution in [2.75, 3.05) is 11.9 Å². The molecular formula is C11H22N4O. The Morgan fingerprint density at radius 3 is 2.75 bits per heavy atom. The summed E-state index contributed by atoms with van der Waals surface area (Å²) in [5, 5.41) is 14.3. The monoisotopic (exact) mass is 226 g/mol. The normalized spacial score (nSPS) is 12.7. The maximum Gasteiger partial charge on any atom is 0.315 e. The summed E-state index contributed by atoms with van der Waals surface area (Å²) in [6.07, 6.45) is 3.35. The second-order valence-corrected chi connectivity index (χ2v) is 4.01. The van der Waals surface area contributed by atoms with Gasteiger partial charge in [0.25, 0.3) is 0 Å². The Kier molecular flexibility index (Phi) is 5.85. The molecule has 5 heteroatoms. The summed E-state index contributed by atoms with van der Waals surface area (Å²) in [4.78, 5) is 0. The molecule has 0 aliphatic carbocycles. The summed E-state index contributed by atoms with van der Waals surface area (Å²) in [6.45, 7) is 8.01. The topological polar surface area (TPSA) is 63.0 Å². The van der Waals surface area contributed by atoms with Gasteiger partial charge in [-0.05, 0) is 26.3 Å². The van der Waals surface area contributed by atoms with Crippen LogP contribution in [-0.4, -0.2) is 22.8 Å². The number of rotatable bonds is 8. The predicted octanol–water partition coefficient (Wildman–Crippen LogP) is 2.17. The minimum atomic E-state index is 0.377. The van der Waals surface area contributed by atoms with Crippen LogP contribution in [0.3, 0.4) is 0 Å². The molecule has 1 aromatic heterocycles. The Hall–Kier alpha value is -1.10. The number of anilines is 1. The highest BCUT2D eigenvalue weighted by Gasteiger charge is 2.07. The molecule has 16 heavy (non-hydrogen) atoms. The maximum atomic E-state index is 5.45. The van der Waals surface area contributed by atoms with E-state index >= 15 is 0 Å². The number of hydrogen-bond donors (Lipinski definition) is 2. The van der Waals surface area contributed by atoms with Crippen molar-refractivity contribution >= 4 is 6.01 Å². The molecule has 1 aromatic rings. The van der Waals surface area contributed by atoms with E-state index in [1.165, 1.54) is 0 Å². The molecule has 1 unspecified atom stereocenters. The molecule has 0 saturated carbocycles. The molecule has 2 N–H and O–H groups in total. The standard InChI is InChI=1S/C11H22N4O/c1-4-6-9(3)13-11-15-14-10(16-11)8-12-7-5-2/h9,12H,4-8H2,1-3H3,(H,13,15). The Balaban J connectivity index is 2.33. The van der Waals surface area contributed by atoms with Gasteiger partial charge in [0.1, 0.15) is 0 Å². The highest BCUT2D eigenvalue weighted by atomic mass is 16.4. The second kappa shape index (κ2) is 7.22. The van der Waals surface area contributed by atoms with Gasteiger partial charge in [0.05, 0.1) is 6.54 Å². The molecule has 5 nitrogen and oxygen atoms in total. The molecule has 0 saturated heterocycles. The van der Waals surface area contributed by atoms with Crippen molar-refractivity contribution in [2.24, 2.45) is 0 Å². The van der Waals surface area contributed by atoms with E-state index in [1.807, 2.05) is 0 Å². The van der Waals surface area contributed by atoms with Crippen molar-refractivity contribution in [2.45, 2.75) is 52.6 Å². The van der Waals surface area contributed by atoms with Crippen LogP contribution in [0.4, 0.5) is 6.01 Å². The first-order chi connectivity index (χ1) is 7.76. The third kappa shape index (κ3) is 4.61. The predicted molar refractivity (Wildman–Crippen MR) is 64.3 cm³/mol. The Bertz CT molecular complexity index is 287. The fraction of sp³-hybridized carbons (Fsp3) is 0.818. The lowest BCUT2D eigenvalue weighted by molar-refractivity contribution is 0.472. The van der Waals surface area contributed by atoms with Crippen LogP contribution in [0, 0.1) is 0 Å². The van der Waals surface area contributed by atoms with Crippen LogP contribution in [0.15, 0.2) is 4.42 Å². The van der Waals surface area contributed by atoms with E-state index in [2.05, 4.69) is 41.6 Å². The summed E-state index contributed by atoms with van der Waals surface area (Å²) in [7, 11) is 0. The average molecular weight is 226 g/mol.